The van der Waals surface area contributed by atoms with Crippen LogP contribution in [-0.4, -0.2) is 27.9 Å². The zero-order valence-corrected chi connectivity index (χ0v) is 13.6. The largest absolute Gasteiger partial charge is 0.366 e. The van der Waals surface area contributed by atoms with Gasteiger partial charge in [-0.15, -0.1) is 0 Å². The van der Waals surface area contributed by atoms with Crippen LogP contribution in [0, 0.1) is 22.0 Å². The molecule has 0 saturated carbocycles. The molecule has 2 heterocycles. The van der Waals surface area contributed by atoms with Gasteiger partial charge in [-0.25, -0.2) is 4.98 Å². The average Bonchev–Trinajstić information content (AvgIpc) is 2.50. The lowest BCUT2D eigenvalue weighted by molar-refractivity contribution is -0.405. The highest BCUT2D eigenvalue weighted by molar-refractivity contribution is 6.29. The fourth-order valence-corrected chi connectivity index (χ4v) is 2.72. The first-order valence-corrected chi connectivity index (χ1v) is 7.82. The molecule has 0 bridgehead atoms. The molecule has 1 fully saturated rings. The summed E-state index contributed by atoms with van der Waals surface area (Å²) in [6.45, 7) is 6.52. The van der Waals surface area contributed by atoms with Gasteiger partial charge in [-0.3, -0.25) is 10.1 Å². The summed E-state index contributed by atoms with van der Waals surface area (Å²) in [4.78, 5) is 16.5. The number of pyridine rings is 1. The van der Waals surface area contributed by atoms with Gasteiger partial charge in [0.25, 0.3) is 6.20 Å². The fourth-order valence-electron chi connectivity index (χ4n) is 2.61. The lowest BCUT2D eigenvalue weighted by atomic mass is 9.90. The van der Waals surface area contributed by atoms with Crippen LogP contribution in [0.15, 0.2) is 30.4 Å². The predicted molar refractivity (Wildman–Crippen MR) is 85.7 cm³/mol. The maximum Gasteiger partial charge on any atom is 0.274 e. The summed E-state index contributed by atoms with van der Waals surface area (Å²) in [5.41, 5.74) is 0.977. The van der Waals surface area contributed by atoms with E-state index < -0.39 is 4.92 Å². The van der Waals surface area contributed by atoms with Crippen LogP contribution in [0.4, 0.5) is 0 Å². The van der Waals surface area contributed by atoms with Crippen molar-refractivity contribution in [3.8, 4) is 0 Å². The molecule has 1 aromatic heterocycles. The van der Waals surface area contributed by atoms with Crippen LogP contribution >= 0.6 is 11.6 Å². The Hall–Kier alpha value is -1.82. The molecule has 7 heteroatoms. The number of rotatable bonds is 5. The minimum atomic E-state index is -0.418. The van der Waals surface area contributed by atoms with Crippen LogP contribution in [0.2, 0.25) is 5.15 Å². The van der Waals surface area contributed by atoms with Gasteiger partial charge >= 0.3 is 0 Å². The highest BCUT2D eigenvalue weighted by Gasteiger charge is 2.27. The van der Waals surface area contributed by atoms with Crippen LogP contribution in [0.3, 0.4) is 0 Å². The van der Waals surface area contributed by atoms with Gasteiger partial charge in [0.1, 0.15) is 5.15 Å². The van der Waals surface area contributed by atoms with E-state index in [0.29, 0.717) is 29.4 Å². The van der Waals surface area contributed by atoms with Crippen molar-refractivity contribution in [2.45, 2.75) is 26.8 Å². The maximum absolute atomic E-state index is 10.8. The second-order valence-corrected chi connectivity index (χ2v) is 6.08. The molecule has 6 nitrogen and oxygen atoms in total. The van der Waals surface area contributed by atoms with E-state index in [9.17, 15) is 10.1 Å². The Morgan fingerprint density at radius 2 is 2.41 bits per heavy atom. The van der Waals surface area contributed by atoms with Crippen molar-refractivity contribution in [3.63, 3.8) is 0 Å². The molecular formula is C15H21ClN4O2. The van der Waals surface area contributed by atoms with E-state index in [1.807, 2.05) is 11.0 Å². The number of hydrogen-bond acceptors (Lipinski definition) is 5. The van der Waals surface area contributed by atoms with Gasteiger partial charge < -0.3 is 10.2 Å². The first-order valence-electron chi connectivity index (χ1n) is 7.44. The standard InChI is InChI=1S/C15H21ClN4O2/c1-3-11(2)13-7-18-15(10-20(21)22)19(9-13)8-12-4-5-14(16)17-6-12/h4-6,10-11,13,18H,3,7-9H2,1-2H3/b15-10-. The van der Waals surface area contributed by atoms with Crippen molar-refractivity contribution in [2.24, 2.45) is 11.8 Å². The molecule has 0 radical (unpaired) electrons. The topological polar surface area (TPSA) is 71.3 Å². The zero-order chi connectivity index (χ0) is 16.1. The maximum atomic E-state index is 10.8. The third-order valence-corrected chi connectivity index (χ3v) is 4.40. The molecule has 1 aliphatic heterocycles. The van der Waals surface area contributed by atoms with Crippen molar-refractivity contribution >= 4 is 11.6 Å². The molecule has 0 aliphatic carbocycles. The molecular weight excluding hydrogens is 304 g/mol. The number of nitrogens with zero attached hydrogens (tertiary/aromatic N) is 3. The van der Waals surface area contributed by atoms with Crippen molar-refractivity contribution < 1.29 is 4.92 Å². The molecule has 120 valence electrons. The predicted octanol–water partition coefficient (Wildman–Crippen LogP) is 2.88. The minimum absolute atomic E-state index is 0.418. The van der Waals surface area contributed by atoms with Gasteiger partial charge in [0.05, 0.1) is 4.92 Å². The molecule has 1 aliphatic rings. The second kappa shape index (κ2) is 7.45. The summed E-state index contributed by atoms with van der Waals surface area (Å²) in [6, 6.07) is 3.63. The minimum Gasteiger partial charge on any atom is -0.366 e. The van der Waals surface area contributed by atoms with Crippen LogP contribution in [-0.2, 0) is 6.54 Å². The third kappa shape index (κ3) is 4.34. The third-order valence-electron chi connectivity index (χ3n) is 4.18. The molecule has 1 aromatic rings. The van der Waals surface area contributed by atoms with Gasteiger partial charge in [0.15, 0.2) is 5.82 Å². The van der Waals surface area contributed by atoms with E-state index in [2.05, 4.69) is 24.1 Å². The number of halogens is 1. The van der Waals surface area contributed by atoms with Crippen LogP contribution in [0.25, 0.3) is 0 Å². The van der Waals surface area contributed by atoms with Crippen LogP contribution in [0.1, 0.15) is 25.8 Å². The quantitative estimate of drug-likeness (QED) is 0.512. The summed E-state index contributed by atoms with van der Waals surface area (Å²) in [5, 5.41) is 14.5. The van der Waals surface area contributed by atoms with E-state index in [4.69, 9.17) is 11.6 Å². The Morgan fingerprint density at radius 3 is 3.00 bits per heavy atom. The lowest BCUT2D eigenvalue weighted by Crippen LogP contribution is -2.47. The number of aromatic nitrogens is 1. The van der Waals surface area contributed by atoms with E-state index in [1.54, 1.807) is 12.3 Å². The van der Waals surface area contributed by atoms with E-state index in [0.717, 1.165) is 31.3 Å². The Balaban J connectivity index is 2.16. The van der Waals surface area contributed by atoms with Crippen molar-refractivity contribution in [1.29, 1.82) is 0 Å². The van der Waals surface area contributed by atoms with Gasteiger partial charge in [0.2, 0.25) is 0 Å². The van der Waals surface area contributed by atoms with Gasteiger partial charge in [0, 0.05) is 25.8 Å². The molecule has 0 aromatic carbocycles. The summed E-state index contributed by atoms with van der Waals surface area (Å²) in [6.07, 6.45) is 3.84. The summed E-state index contributed by atoms with van der Waals surface area (Å²) < 4.78 is 0. The normalized spacial score (nSPS) is 21.5. The highest BCUT2D eigenvalue weighted by Crippen LogP contribution is 2.23. The van der Waals surface area contributed by atoms with Crippen molar-refractivity contribution in [1.82, 2.24) is 15.2 Å². The van der Waals surface area contributed by atoms with Crippen LogP contribution < -0.4 is 5.32 Å². The molecule has 0 spiro atoms. The fraction of sp³-hybridized carbons (Fsp3) is 0.533. The molecule has 1 saturated heterocycles. The molecule has 1 N–H and O–H groups in total. The number of nitro groups is 1. The first kappa shape index (κ1) is 16.5. The Labute approximate surface area is 135 Å². The zero-order valence-electron chi connectivity index (χ0n) is 12.8. The van der Waals surface area contributed by atoms with E-state index in [1.165, 1.54) is 0 Å². The molecule has 2 unspecified atom stereocenters. The molecule has 2 rings (SSSR count). The average molecular weight is 325 g/mol. The van der Waals surface area contributed by atoms with Gasteiger partial charge in [-0.05, 0) is 23.5 Å². The van der Waals surface area contributed by atoms with E-state index >= 15 is 0 Å². The van der Waals surface area contributed by atoms with E-state index in [-0.39, 0.29) is 0 Å². The van der Waals surface area contributed by atoms with Gasteiger partial charge in [-0.1, -0.05) is 37.9 Å². The summed E-state index contributed by atoms with van der Waals surface area (Å²) in [5.74, 6) is 1.59. The first-order chi connectivity index (χ1) is 10.5. The molecule has 2 atom stereocenters. The van der Waals surface area contributed by atoms with Crippen LogP contribution in [0.5, 0.6) is 0 Å². The molecule has 22 heavy (non-hydrogen) atoms. The van der Waals surface area contributed by atoms with Crippen molar-refractivity contribution in [3.05, 3.63) is 51.2 Å². The molecule has 0 amide bonds. The monoisotopic (exact) mass is 324 g/mol. The lowest BCUT2D eigenvalue weighted by Gasteiger charge is -2.38. The summed E-state index contributed by atoms with van der Waals surface area (Å²) in [7, 11) is 0. The highest BCUT2D eigenvalue weighted by atomic mass is 35.5. The Morgan fingerprint density at radius 1 is 1.64 bits per heavy atom. The Bertz CT molecular complexity index is 547. The Kier molecular flexibility index (Phi) is 5.60. The van der Waals surface area contributed by atoms with Crippen molar-refractivity contribution in [2.75, 3.05) is 13.1 Å². The SMILES string of the molecule is CCC(C)C1CN/C(=C/[N+](=O)[O-])N(Cc2ccc(Cl)nc2)C1. The summed E-state index contributed by atoms with van der Waals surface area (Å²) >= 11 is 5.80. The number of nitrogens with one attached hydrogen (secondary N) is 1. The second-order valence-electron chi connectivity index (χ2n) is 5.70. The smallest absolute Gasteiger partial charge is 0.274 e. The number of hydrogen-bond donors (Lipinski definition) is 1. The van der Waals surface area contributed by atoms with Gasteiger partial charge in [-0.2, -0.15) is 0 Å².